The highest BCUT2D eigenvalue weighted by Crippen LogP contribution is 2.36. The molecule has 0 saturated carbocycles. The van der Waals surface area contributed by atoms with Crippen LogP contribution in [0, 0.1) is 5.92 Å². The van der Waals surface area contributed by atoms with E-state index in [0.29, 0.717) is 6.04 Å². The lowest BCUT2D eigenvalue weighted by molar-refractivity contribution is 0.557. The van der Waals surface area contributed by atoms with Crippen LogP contribution in [0.3, 0.4) is 0 Å². The van der Waals surface area contributed by atoms with Crippen molar-refractivity contribution in [1.29, 1.82) is 0 Å². The molecule has 14 heavy (non-hydrogen) atoms. The van der Waals surface area contributed by atoms with Crippen LogP contribution in [0.15, 0.2) is 30.6 Å². The van der Waals surface area contributed by atoms with Crippen LogP contribution < -0.4 is 5.32 Å². The molecule has 3 rings (SSSR count). The number of allylic oxidation sites excluding steroid dienone is 1. The van der Waals surface area contributed by atoms with E-state index < -0.39 is 0 Å². The summed E-state index contributed by atoms with van der Waals surface area (Å²) in [5, 5.41) is 3.57. The van der Waals surface area contributed by atoms with Gasteiger partial charge in [0.2, 0.25) is 0 Å². The zero-order chi connectivity index (χ0) is 9.38. The van der Waals surface area contributed by atoms with Crippen LogP contribution in [-0.2, 0) is 0 Å². The summed E-state index contributed by atoms with van der Waals surface area (Å²) in [7, 11) is 0. The second kappa shape index (κ2) is 3.21. The van der Waals surface area contributed by atoms with E-state index in [1.54, 1.807) is 0 Å². The van der Waals surface area contributed by atoms with Crippen LogP contribution in [0.5, 0.6) is 0 Å². The van der Waals surface area contributed by atoms with Gasteiger partial charge in [0.05, 0.1) is 0 Å². The van der Waals surface area contributed by atoms with Gasteiger partial charge in [-0.3, -0.25) is 4.98 Å². The van der Waals surface area contributed by atoms with Crippen molar-refractivity contribution in [3.63, 3.8) is 0 Å². The van der Waals surface area contributed by atoms with E-state index in [-0.39, 0.29) is 0 Å². The molecular weight excluding hydrogens is 172 g/mol. The van der Waals surface area contributed by atoms with Gasteiger partial charge in [-0.25, -0.2) is 0 Å². The van der Waals surface area contributed by atoms with E-state index in [9.17, 15) is 0 Å². The fraction of sp³-hybridized carbons (Fsp3) is 0.417. The Morgan fingerprint density at radius 2 is 2.43 bits per heavy atom. The molecule has 0 radical (unpaired) electrons. The molecule has 1 N–H and O–H groups in total. The average molecular weight is 186 g/mol. The summed E-state index contributed by atoms with van der Waals surface area (Å²) in [5.41, 5.74) is 2.75. The highest BCUT2D eigenvalue weighted by atomic mass is 15.0. The monoisotopic (exact) mass is 186 g/mol. The van der Waals surface area contributed by atoms with Crippen molar-refractivity contribution in [2.75, 3.05) is 6.54 Å². The smallest absolute Gasteiger partial charge is 0.0355 e. The first-order valence-electron chi connectivity index (χ1n) is 5.29. The molecule has 0 bridgehead atoms. The number of nitrogens with one attached hydrogen (secondary N) is 1. The highest BCUT2D eigenvalue weighted by Gasteiger charge is 2.33. The number of fused-ring (bicyclic) bond motifs is 1. The van der Waals surface area contributed by atoms with Gasteiger partial charge in [0.15, 0.2) is 0 Å². The lowest BCUT2D eigenvalue weighted by Gasteiger charge is -2.14. The number of rotatable bonds is 1. The van der Waals surface area contributed by atoms with Crippen LogP contribution >= 0.6 is 0 Å². The van der Waals surface area contributed by atoms with E-state index in [0.717, 1.165) is 5.92 Å². The fourth-order valence-corrected chi connectivity index (χ4v) is 2.61. The van der Waals surface area contributed by atoms with Crippen molar-refractivity contribution in [3.8, 4) is 0 Å². The van der Waals surface area contributed by atoms with Crippen LogP contribution in [0.4, 0.5) is 0 Å². The summed E-state index contributed by atoms with van der Waals surface area (Å²) >= 11 is 0. The summed E-state index contributed by atoms with van der Waals surface area (Å²) in [4.78, 5) is 4.17. The Kier molecular flexibility index (Phi) is 1.88. The van der Waals surface area contributed by atoms with Crippen LogP contribution in [0.25, 0.3) is 5.57 Å². The maximum absolute atomic E-state index is 4.17. The third-order valence-electron chi connectivity index (χ3n) is 3.32. The molecule has 2 atom stereocenters. The van der Waals surface area contributed by atoms with Crippen LogP contribution in [0.2, 0.25) is 0 Å². The topological polar surface area (TPSA) is 24.9 Å². The minimum Gasteiger partial charge on any atom is -0.310 e. The summed E-state index contributed by atoms with van der Waals surface area (Å²) in [6.07, 6.45) is 8.73. The normalized spacial score (nSPS) is 30.1. The molecule has 2 nitrogen and oxygen atoms in total. The Morgan fingerprint density at radius 3 is 3.29 bits per heavy atom. The van der Waals surface area contributed by atoms with Gasteiger partial charge in [-0.15, -0.1) is 0 Å². The predicted octanol–water partition coefficient (Wildman–Crippen LogP) is 1.85. The Balaban J connectivity index is 1.93. The van der Waals surface area contributed by atoms with E-state index >= 15 is 0 Å². The zero-order valence-corrected chi connectivity index (χ0v) is 8.11. The Labute approximate surface area is 84.1 Å². The SMILES string of the molecule is C1=C(c2cccnc2)[C@@H]2NCC[C@@H]2C1. The van der Waals surface area contributed by atoms with Gasteiger partial charge in [0.25, 0.3) is 0 Å². The average Bonchev–Trinajstić information content (AvgIpc) is 2.79. The molecule has 0 amide bonds. The largest absolute Gasteiger partial charge is 0.310 e. The molecule has 2 heteroatoms. The predicted molar refractivity (Wildman–Crippen MR) is 56.7 cm³/mol. The number of pyridine rings is 1. The van der Waals surface area contributed by atoms with Crippen molar-refractivity contribution in [2.24, 2.45) is 5.92 Å². The Bertz CT molecular complexity index is 356. The van der Waals surface area contributed by atoms with E-state index in [2.05, 4.69) is 22.4 Å². The summed E-state index contributed by atoms with van der Waals surface area (Å²) in [5.74, 6) is 0.838. The highest BCUT2D eigenvalue weighted by molar-refractivity contribution is 5.71. The minimum atomic E-state index is 0.596. The van der Waals surface area contributed by atoms with Crippen molar-refractivity contribution >= 4 is 5.57 Å². The van der Waals surface area contributed by atoms with Crippen molar-refractivity contribution in [3.05, 3.63) is 36.2 Å². The first kappa shape index (κ1) is 8.18. The minimum absolute atomic E-state index is 0.596. The number of aromatic nitrogens is 1. The Morgan fingerprint density at radius 1 is 1.43 bits per heavy atom. The van der Waals surface area contributed by atoms with E-state index in [1.165, 1.54) is 30.5 Å². The second-order valence-electron chi connectivity index (χ2n) is 4.12. The molecule has 1 saturated heterocycles. The fourth-order valence-electron chi connectivity index (χ4n) is 2.61. The van der Waals surface area contributed by atoms with Gasteiger partial charge < -0.3 is 5.32 Å². The summed E-state index contributed by atoms with van der Waals surface area (Å²) < 4.78 is 0. The molecule has 1 fully saturated rings. The molecule has 2 heterocycles. The third kappa shape index (κ3) is 1.18. The molecule has 1 aliphatic carbocycles. The van der Waals surface area contributed by atoms with Gasteiger partial charge in [-0.2, -0.15) is 0 Å². The summed E-state index contributed by atoms with van der Waals surface area (Å²) in [6, 6.07) is 4.76. The molecule has 72 valence electrons. The molecule has 2 aliphatic rings. The van der Waals surface area contributed by atoms with Crippen LogP contribution in [-0.4, -0.2) is 17.6 Å². The van der Waals surface area contributed by atoms with Gasteiger partial charge in [-0.1, -0.05) is 12.1 Å². The van der Waals surface area contributed by atoms with Crippen molar-refractivity contribution in [2.45, 2.75) is 18.9 Å². The number of nitrogens with zero attached hydrogens (tertiary/aromatic N) is 1. The maximum Gasteiger partial charge on any atom is 0.0355 e. The lowest BCUT2D eigenvalue weighted by atomic mass is 9.97. The van der Waals surface area contributed by atoms with Gasteiger partial charge in [0, 0.05) is 18.4 Å². The third-order valence-corrected chi connectivity index (χ3v) is 3.32. The van der Waals surface area contributed by atoms with Gasteiger partial charge in [0.1, 0.15) is 0 Å². The molecule has 1 aliphatic heterocycles. The van der Waals surface area contributed by atoms with Crippen LogP contribution in [0.1, 0.15) is 18.4 Å². The van der Waals surface area contributed by atoms with Crippen molar-refractivity contribution < 1.29 is 0 Å². The number of hydrogen-bond acceptors (Lipinski definition) is 2. The maximum atomic E-state index is 4.17. The first-order valence-corrected chi connectivity index (χ1v) is 5.29. The van der Waals surface area contributed by atoms with Crippen molar-refractivity contribution in [1.82, 2.24) is 10.3 Å². The van der Waals surface area contributed by atoms with Gasteiger partial charge >= 0.3 is 0 Å². The molecule has 1 aromatic rings. The summed E-state index contributed by atoms with van der Waals surface area (Å²) in [6.45, 7) is 1.17. The van der Waals surface area contributed by atoms with E-state index in [4.69, 9.17) is 0 Å². The molecular formula is C12H14N2. The first-order chi connectivity index (χ1) is 6.95. The standard InChI is InChI=1S/C12H14N2/c1-2-10(8-13-6-1)11-4-3-9-5-7-14-12(9)11/h1-2,4,6,8-9,12,14H,3,5,7H2/t9-,12+/m0/s1. The van der Waals surface area contributed by atoms with E-state index in [1.807, 2.05) is 18.5 Å². The molecule has 0 aromatic carbocycles. The lowest BCUT2D eigenvalue weighted by Crippen LogP contribution is -2.24. The number of hydrogen-bond donors (Lipinski definition) is 1. The Hall–Kier alpha value is -1.15. The quantitative estimate of drug-likeness (QED) is 0.724. The molecule has 0 unspecified atom stereocenters. The molecule has 1 aromatic heterocycles. The van der Waals surface area contributed by atoms with Gasteiger partial charge in [-0.05, 0) is 42.5 Å². The second-order valence-corrected chi connectivity index (χ2v) is 4.12. The molecule has 0 spiro atoms. The zero-order valence-electron chi connectivity index (χ0n) is 8.11.